The molecule has 1 rings (SSSR count). The third kappa shape index (κ3) is 5.98. The van der Waals surface area contributed by atoms with Crippen LogP contribution in [0.5, 0.6) is 5.75 Å². The second-order valence-electron chi connectivity index (χ2n) is 5.07. The highest BCUT2D eigenvalue weighted by Gasteiger charge is 2.19. The van der Waals surface area contributed by atoms with Crippen molar-refractivity contribution in [3.05, 3.63) is 48.6 Å². The number of carbonyl (C=O) groups excluding carboxylic acids is 2. The summed E-state index contributed by atoms with van der Waals surface area (Å²) in [6.07, 6.45) is 4.81. The minimum atomic E-state index is -0.394. The summed E-state index contributed by atoms with van der Waals surface area (Å²) in [6, 6.07) is 7.39. The van der Waals surface area contributed by atoms with Crippen LogP contribution in [0.25, 0.3) is 6.08 Å². The van der Waals surface area contributed by atoms with Crippen LogP contribution < -0.4 is 4.74 Å². The van der Waals surface area contributed by atoms with Gasteiger partial charge in [0.25, 0.3) is 0 Å². The van der Waals surface area contributed by atoms with Gasteiger partial charge >= 0.3 is 5.97 Å². The van der Waals surface area contributed by atoms with Gasteiger partial charge in [-0.05, 0) is 23.8 Å². The monoisotopic (exact) mass is 317 g/mol. The summed E-state index contributed by atoms with van der Waals surface area (Å²) in [5.74, 6) is -0.205. The lowest BCUT2D eigenvalue weighted by Gasteiger charge is -2.22. The highest BCUT2D eigenvalue weighted by atomic mass is 16.5. The van der Waals surface area contributed by atoms with Crippen molar-refractivity contribution in [2.45, 2.75) is 6.92 Å². The number of hydrogen-bond acceptors (Lipinski definition) is 4. The van der Waals surface area contributed by atoms with Gasteiger partial charge < -0.3 is 14.4 Å². The van der Waals surface area contributed by atoms with Gasteiger partial charge in [-0.15, -0.1) is 6.58 Å². The van der Waals surface area contributed by atoms with Gasteiger partial charge in [0.2, 0.25) is 5.91 Å². The Labute approximate surface area is 137 Å². The Balaban J connectivity index is 2.78. The first-order chi connectivity index (χ1) is 11.0. The van der Waals surface area contributed by atoms with Crippen LogP contribution in [-0.2, 0) is 14.3 Å². The number of rotatable bonds is 8. The van der Waals surface area contributed by atoms with Gasteiger partial charge in [-0.3, -0.25) is 9.59 Å². The minimum Gasteiger partial charge on any atom is -0.497 e. The van der Waals surface area contributed by atoms with E-state index in [1.54, 1.807) is 31.1 Å². The van der Waals surface area contributed by atoms with Crippen molar-refractivity contribution in [1.29, 1.82) is 0 Å². The first-order valence-corrected chi connectivity index (χ1v) is 7.31. The molecular weight excluding hydrogens is 294 g/mol. The van der Waals surface area contributed by atoms with E-state index >= 15 is 0 Å². The lowest BCUT2D eigenvalue weighted by molar-refractivity contribution is -0.145. The van der Waals surface area contributed by atoms with E-state index < -0.39 is 5.92 Å². The van der Waals surface area contributed by atoms with E-state index in [0.717, 1.165) is 11.3 Å². The van der Waals surface area contributed by atoms with Crippen LogP contribution in [0.4, 0.5) is 0 Å². The minimum absolute atomic E-state index is 0.191. The lowest BCUT2D eigenvalue weighted by Crippen LogP contribution is -2.36. The molecule has 0 aliphatic heterocycles. The number of benzene rings is 1. The van der Waals surface area contributed by atoms with E-state index in [1.807, 2.05) is 24.3 Å². The zero-order valence-corrected chi connectivity index (χ0v) is 13.8. The second-order valence-corrected chi connectivity index (χ2v) is 5.07. The van der Waals surface area contributed by atoms with Crippen LogP contribution in [0.1, 0.15) is 12.5 Å². The smallest absolute Gasteiger partial charge is 0.310 e. The molecule has 23 heavy (non-hydrogen) atoms. The number of ether oxygens (including phenoxy) is 2. The van der Waals surface area contributed by atoms with Crippen molar-refractivity contribution in [1.82, 2.24) is 4.90 Å². The van der Waals surface area contributed by atoms with Gasteiger partial charge in [0.1, 0.15) is 5.75 Å². The molecule has 0 aromatic heterocycles. The topological polar surface area (TPSA) is 55.8 Å². The van der Waals surface area contributed by atoms with E-state index in [-0.39, 0.29) is 18.4 Å². The summed E-state index contributed by atoms with van der Waals surface area (Å²) in [4.78, 5) is 25.4. The third-order valence-corrected chi connectivity index (χ3v) is 3.27. The number of carbonyl (C=O) groups is 2. The van der Waals surface area contributed by atoms with Crippen LogP contribution in [0.15, 0.2) is 43.0 Å². The molecule has 0 saturated heterocycles. The largest absolute Gasteiger partial charge is 0.497 e. The summed E-state index contributed by atoms with van der Waals surface area (Å²) in [6.45, 7) is 6.01. The zero-order valence-electron chi connectivity index (χ0n) is 13.8. The molecule has 5 nitrogen and oxygen atoms in total. The molecule has 124 valence electrons. The van der Waals surface area contributed by atoms with Gasteiger partial charge in [-0.1, -0.05) is 25.1 Å². The van der Waals surface area contributed by atoms with Crippen molar-refractivity contribution < 1.29 is 19.1 Å². The standard InChI is InChI=1S/C18H23NO4/c1-5-11-19(13-14(2)18(21)23-4)17(20)10-9-15-7-6-8-16(12-15)22-3/h5-10,12,14H,1,11,13H2,2-4H3/b10-9+. The first-order valence-electron chi connectivity index (χ1n) is 7.31. The molecule has 1 unspecified atom stereocenters. The number of amides is 1. The van der Waals surface area contributed by atoms with E-state index in [4.69, 9.17) is 9.47 Å². The summed E-state index contributed by atoms with van der Waals surface area (Å²) >= 11 is 0. The summed E-state index contributed by atoms with van der Waals surface area (Å²) in [5.41, 5.74) is 0.859. The van der Waals surface area contributed by atoms with E-state index in [9.17, 15) is 9.59 Å². The quantitative estimate of drug-likeness (QED) is 0.420. The molecule has 0 bridgehead atoms. The summed E-state index contributed by atoms with van der Waals surface area (Å²) in [7, 11) is 2.93. The fourth-order valence-electron chi connectivity index (χ4n) is 2.03. The molecule has 1 aromatic carbocycles. The predicted molar refractivity (Wildman–Crippen MR) is 90.0 cm³/mol. The SMILES string of the molecule is C=CCN(CC(C)C(=O)OC)C(=O)/C=C/c1cccc(OC)c1. The second kappa shape index (κ2) is 9.46. The predicted octanol–water partition coefficient (Wildman–Crippen LogP) is 2.53. The Bertz CT molecular complexity index is 580. The van der Waals surface area contributed by atoms with Crippen molar-refractivity contribution in [3.63, 3.8) is 0 Å². The normalized spacial score (nSPS) is 11.8. The van der Waals surface area contributed by atoms with Gasteiger partial charge in [-0.2, -0.15) is 0 Å². The maximum Gasteiger partial charge on any atom is 0.310 e. The average molecular weight is 317 g/mol. The fourth-order valence-corrected chi connectivity index (χ4v) is 2.03. The zero-order chi connectivity index (χ0) is 17.2. The van der Waals surface area contributed by atoms with Crippen LogP contribution in [0.2, 0.25) is 0 Å². The van der Waals surface area contributed by atoms with Gasteiger partial charge in [0.05, 0.1) is 20.1 Å². The Kier molecular flexibility index (Phi) is 7.60. The van der Waals surface area contributed by atoms with Crippen LogP contribution in [0.3, 0.4) is 0 Å². The third-order valence-electron chi connectivity index (χ3n) is 3.27. The van der Waals surface area contributed by atoms with Gasteiger partial charge in [0.15, 0.2) is 0 Å². The maximum absolute atomic E-state index is 12.3. The van der Waals surface area contributed by atoms with Gasteiger partial charge in [0, 0.05) is 19.2 Å². The summed E-state index contributed by atoms with van der Waals surface area (Å²) < 4.78 is 9.84. The fraction of sp³-hybridized carbons (Fsp3) is 0.333. The van der Waals surface area contributed by atoms with Crippen LogP contribution in [-0.4, -0.2) is 44.1 Å². The number of esters is 1. The molecule has 1 atom stereocenters. The highest BCUT2D eigenvalue weighted by Crippen LogP contribution is 2.14. The number of methoxy groups -OCH3 is 2. The molecule has 0 N–H and O–H groups in total. The van der Waals surface area contributed by atoms with Gasteiger partial charge in [-0.25, -0.2) is 0 Å². The Morgan fingerprint density at radius 2 is 2.09 bits per heavy atom. The molecule has 0 aliphatic rings. The average Bonchev–Trinajstić information content (AvgIpc) is 2.58. The van der Waals surface area contributed by atoms with E-state index in [0.29, 0.717) is 6.54 Å². The van der Waals surface area contributed by atoms with Crippen molar-refractivity contribution in [2.24, 2.45) is 5.92 Å². The molecule has 1 amide bonds. The summed E-state index contributed by atoms with van der Waals surface area (Å²) in [5, 5.41) is 0. The Morgan fingerprint density at radius 1 is 1.35 bits per heavy atom. The molecule has 0 saturated carbocycles. The molecular formula is C18H23NO4. The number of nitrogens with zero attached hydrogens (tertiary/aromatic N) is 1. The molecule has 0 spiro atoms. The maximum atomic E-state index is 12.3. The molecule has 0 heterocycles. The van der Waals surface area contributed by atoms with Crippen molar-refractivity contribution in [2.75, 3.05) is 27.3 Å². The van der Waals surface area contributed by atoms with Crippen LogP contribution >= 0.6 is 0 Å². The molecule has 1 aromatic rings. The van der Waals surface area contributed by atoms with Crippen LogP contribution in [0, 0.1) is 5.92 Å². The first kappa shape index (κ1) is 18.5. The van der Waals surface area contributed by atoms with Crippen molar-refractivity contribution in [3.8, 4) is 5.75 Å². The number of hydrogen-bond donors (Lipinski definition) is 0. The molecule has 0 fully saturated rings. The Morgan fingerprint density at radius 3 is 2.70 bits per heavy atom. The van der Waals surface area contributed by atoms with E-state index in [1.165, 1.54) is 13.2 Å². The Hall–Kier alpha value is -2.56. The van der Waals surface area contributed by atoms with E-state index in [2.05, 4.69) is 6.58 Å². The molecule has 0 radical (unpaired) electrons. The molecule has 5 heteroatoms. The van der Waals surface area contributed by atoms with Crippen molar-refractivity contribution >= 4 is 18.0 Å². The lowest BCUT2D eigenvalue weighted by atomic mass is 10.1. The molecule has 0 aliphatic carbocycles. The highest BCUT2D eigenvalue weighted by molar-refractivity contribution is 5.92.